The molecule has 6 heteroatoms. The van der Waals surface area contributed by atoms with Gasteiger partial charge < -0.3 is 20.3 Å². The zero-order chi connectivity index (χ0) is 19.0. The minimum Gasteiger partial charge on any atom is -0.397 e. The summed E-state index contributed by atoms with van der Waals surface area (Å²) in [6, 6.07) is 15.3. The summed E-state index contributed by atoms with van der Waals surface area (Å²) < 4.78 is 14.0. The molecule has 3 N–H and O–H groups in total. The molecular weight excluding hydrogens is 342 g/mol. The molecule has 4 atom stereocenters. The first kappa shape index (κ1) is 18.0. The number of ether oxygens (including phenoxy) is 2. The third-order valence-electron chi connectivity index (χ3n) is 5.41. The van der Waals surface area contributed by atoms with Gasteiger partial charge in [-0.25, -0.2) is 4.52 Å². The Morgan fingerprint density at radius 1 is 1.22 bits per heavy atom. The van der Waals surface area contributed by atoms with Crippen LogP contribution in [0.25, 0.3) is 5.52 Å². The summed E-state index contributed by atoms with van der Waals surface area (Å²) in [5.41, 5.74) is 8.96. The van der Waals surface area contributed by atoms with E-state index in [1.165, 1.54) is 0 Å². The predicted octanol–water partition coefficient (Wildman–Crippen LogP) is 3.09. The number of nitrogens with zero attached hydrogens (tertiary/aromatic N) is 2. The normalized spacial score (nSPS) is 28.0. The monoisotopic (exact) mass is 367 g/mol. The van der Waals surface area contributed by atoms with Gasteiger partial charge >= 0.3 is 0 Å². The van der Waals surface area contributed by atoms with Crippen molar-refractivity contribution in [3.05, 3.63) is 66.0 Å². The van der Waals surface area contributed by atoms with Crippen molar-refractivity contribution in [3.8, 4) is 0 Å². The Morgan fingerprint density at radius 3 is 2.74 bits per heavy atom. The molecule has 0 aliphatic carbocycles. The lowest BCUT2D eigenvalue weighted by Gasteiger charge is -2.29. The van der Waals surface area contributed by atoms with Crippen LogP contribution >= 0.6 is 0 Å². The van der Waals surface area contributed by atoms with E-state index in [0.717, 1.165) is 17.5 Å². The fourth-order valence-corrected chi connectivity index (χ4v) is 3.95. The maximum atomic E-state index is 11.6. The molecule has 0 bridgehead atoms. The number of nitrogens with two attached hydrogens (primary N) is 1. The van der Waals surface area contributed by atoms with Crippen LogP contribution in [0.5, 0.6) is 0 Å². The maximum Gasteiger partial charge on any atom is 0.237 e. The molecule has 142 valence electrons. The lowest BCUT2D eigenvalue weighted by Crippen LogP contribution is -2.41. The molecule has 6 nitrogen and oxygen atoms in total. The minimum atomic E-state index is -1.60. The van der Waals surface area contributed by atoms with Crippen molar-refractivity contribution in [2.24, 2.45) is 5.92 Å². The van der Waals surface area contributed by atoms with Crippen LogP contribution in [0.1, 0.15) is 31.5 Å². The van der Waals surface area contributed by atoms with Crippen molar-refractivity contribution in [2.75, 3.05) is 5.73 Å². The molecule has 1 unspecified atom stereocenters. The summed E-state index contributed by atoms with van der Waals surface area (Å²) in [4.78, 5) is 0. The van der Waals surface area contributed by atoms with E-state index in [9.17, 15) is 5.11 Å². The van der Waals surface area contributed by atoms with Crippen LogP contribution in [0.2, 0.25) is 0 Å². The first-order chi connectivity index (χ1) is 13.0. The van der Waals surface area contributed by atoms with Gasteiger partial charge in [0.05, 0.1) is 23.9 Å². The number of aliphatic hydroxyl groups is 1. The van der Waals surface area contributed by atoms with Gasteiger partial charge in [-0.15, -0.1) is 0 Å². The second-order valence-corrected chi connectivity index (χ2v) is 7.14. The average Bonchev–Trinajstić information content (AvgIpc) is 3.22. The van der Waals surface area contributed by atoms with Gasteiger partial charge in [-0.05, 0) is 30.2 Å². The van der Waals surface area contributed by atoms with Crippen LogP contribution < -0.4 is 5.73 Å². The van der Waals surface area contributed by atoms with Gasteiger partial charge in [-0.2, -0.15) is 5.10 Å². The van der Waals surface area contributed by atoms with Crippen LogP contribution in [-0.2, 0) is 21.9 Å². The lowest BCUT2D eigenvalue weighted by atomic mass is 9.93. The Balaban J connectivity index is 1.71. The third kappa shape index (κ3) is 3.00. The highest BCUT2D eigenvalue weighted by Gasteiger charge is 2.55. The number of hydrogen-bond acceptors (Lipinski definition) is 5. The van der Waals surface area contributed by atoms with Crippen LogP contribution in [0.4, 0.5) is 5.69 Å². The molecular formula is C21H25N3O3. The number of anilines is 1. The number of fused-ring (bicyclic) bond motifs is 1. The van der Waals surface area contributed by atoms with Crippen molar-refractivity contribution in [2.45, 2.75) is 44.9 Å². The van der Waals surface area contributed by atoms with Gasteiger partial charge in [0.15, 0.2) is 0 Å². The van der Waals surface area contributed by atoms with E-state index in [-0.39, 0.29) is 12.0 Å². The maximum absolute atomic E-state index is 11.6. The number of rotatable bonds is 5. The molecule has 3 aromatic rings. The number of nitrogen functional groups attached to an aromatic ring is 1. The Kier molecular flexibility index (Phi) is 4.63. The second kappa shape index (κ2) is 6.96. The van der Waals surface area contributed by atoms with Crippen molar-refractivity contribution in [1.82, 2.24) is 9.61 Å². The molecule has 1 aliphatic heterocycles. The van der Waals surface area contributed by atoms with E-state index in [0.29, 0.717) is 18.0 Å². The fourth-order valence-electron chi connectivity index (χ4n) is 3.95. The Hall–Kier alpha value is -2.41. The van der Waals surface area contributed by atoms with Gasteiger partial charge in [-0.1, -0.05) is 44.2 Å². The van der Waals surface area contributed by atoms with E-state index < -0.39 is 11.9 Å². The van der Waals surface area contributed by atoms with Crippen LogP contribution in [0.3, 0.4) is 0 Å². The van der Waals surface area contributed by atoms with E-state index in [1.807, 2.05) is 49.4 Å². The average molecular weight is 367 g/mol. The first-order valence-electron chi connectivity index (χ1n) is 9.33. The lowest BCUT2D eigenvalue weighted by molar-refractivity contribution is -0.251. The highest BCUT2D eigenvalue weighted by Crippen LogP contribution is 2.44. The van der Waals surface area contributed by atoms with Crippen molar-refractivity contribution in [3.63, 3.8) is 0 Å². The Bertz CT molecular complexity index is 927. The highest BCUT2D eigenvalue weighted by molar-refractivity contribution is 5.69. The molecule has 0 saturated carbocycles. The van der Waals surface area contributed by atoms with Gasteiger partial charge in [-0.3, -0.25) is 0 Å². The summed E-state index contributed by atoms with van der Waals surface area (Å²) in [5, 5.41) is 16.0. The molecule has 3 heterocycles. The quantitative estimate of drug-likeness (QED) is 0.724. The van der Waals surface area contributed by atoms with Crippen molar-refractivity contribution >= 4 is 11.2 Å². The predicted molar refractivity (Wildman–Crippen MR) is 103 cm³/mol. The zero-order valence-electron chi connectivity index (χ0n) is 15.6. The summed E-state index contributed by atoms with van der Waals surface area (Å²) in [6.07, 6.45) is 1.77. The minimum absolute atomic E-state index is 0.0234. The number of benzene rings is 1. The number of aromatic nitrogens is 2. The molecule has 1 saturated heterocycles. The molecule has 4 rings (SSSR count). The molecule has 1 fully saturated rings. The molecule has 0 radical (unpaired) electrons. The smallest absolute Gasteiger partial charge is 0.237 e. The van der Waals surface area contributed by atoms with E-state index >= 15 is 0 Å². The van der Waals surface area contributed by atoms with Crippen LogP contribution in [0, 0.1) is 5.92 Å². The molecule has 1 aromatic carbocycles. The summed E-state index contributed by atoms with van der Waals surface area (Å²) >= 11 is 0. The van der Waals surface area contributed by atoms with Gasteiger partial charge in [0.25, 0.3) is 0 Å². The van der Waals surface area contributed by atoms with Crippen LogP contribution in [0.15, 0.2) is 54.7 Å². The number of hydrogen-bond donors (Lipinski definition) is 2. The molecule has 0 spiro atoms. The topological polar surface area (TPSA) is 82.0 Å². The van der Waals surface area contributed by atoms with Gasteiger partial charge in [0.1, 0.15) is 11.8 Å². The van der Waals surface area contributed by atoms with Gasteiger partial charge in [0.2, 0.25) is 5.79 Å². The summed E-state index contributed by atoms with van der Waals surface area (Å²) in [6.45, 7) is 4.50. The summed E-state index contributed by atoms with van der Waals surface area (Å²) in [7, 11) is 0. The van der Waals surface area contributed by atoms with Crippen molar-refractivity contribution < 1.29 is 14.6 Å². The zero-order valence-corrected chi connectivity index (χ0v) is 15.6. The first-order valence-corrected chi connectivity index (χ1v) is 9.33. The molecule has 0 amide bonds. The largest absolute Gasteiger partial charge is 0.397 e. The van der Waals surface area contributed by atoms with Crippen LogP contribution in [-0.4, -0.2) is 26.9 Å². The third-order valence-corrected chi connectivity index (χ3v) is 5.41. The van der Waals surface area contributed by atoms with Gasteiger partial charge in [0, 0.05) is 12.1 Å². The second-order valence-electron chi connectivity index (χ2n) is 7.14. The standard InChI is InChI=1S/C21H25N3O3/c1-3-18-14(2)20(26-13-15-7-5-4-6-8-15)21(25,27-18)19-10-9-17-16(22)11-12-23-24(17)19/h4-12,14,18,20,25H,3,13,22H2,1-2H3/t14-,18-,20-,21?/m1/s1. The van der Waals surface area contributed by atoms with E-state index in [4.69, 9.17) is 15.2 Å². The molecule has 2 aromatic heterocycles. The fraction of sp³-hybridized carbons (Fsp3) is 0.381. The summed E-state index contributed by atoms with van der Waals surface area (Å²) in [5.74, 6) is -1.57. The molecule has 27 heavy (non-hydrogen) atoms. The van der Waals surface area contributed by atoms with E-state index in [2.05, 4.69) is 12.0 Å². The molecule has 1 aliphatic rings. The van der Waals surface area contributed by atoms with E-state index in [1.54, 1.807) is 16.8 Å². The Morgan fingerprint density at radius 2 is 2.00 bits per heavy atom. The highest BCUT2D eigenvalue weighted by atomic mass is 16.7. The Labute approximate surface area is 158 Å². The SMILES string of the molecule is CC[C@H]1OC(O)(c2ccc3c(N)ccnn23)[C@H](OCc2ccccc2)[C@@H]1C. The van der Waals surface area contributed by atoms with Crippen molar-refractivity contribution in [1.29, 1.82) is 0 Å².